The molecule has 0 saturated carbocycles. The molecule has 126 valence electrons. The average molecular weight is 337 g/mol. The van der Waals surface area contributed by atoms with Crippen LogP contribution < -0.4 is 5.43 Å². The maximum Gasteiger partial charge on any atom is 0.290 e. The van der Waals surface area contributed by atoms with Crippen LogP contribution in [0.4, 0.5) is 5.69 Å². The van der Waals surface area contributed by atoms with Crippen molar-refractivity contribution in [2.75, 3.05) is 0 Å². The number of pyridine rings is 1. The second kappa shape index (κ2) is 6.52. The molecule has 0 fully saturated rings. The van der Waals surface area contributed by atoms with Gasteiger partial charge in [-0.2, -0.15) is 5.10 Å². The molecule has 0 atom stereocenters. The number of amides is 1. The zero-order valence-electron chi connectivity index (χ0n) is 13.6. The second-order valence-electron chi connectivity index (χ2n) is 5.49. The summed E-state index contributed by atoms with van der Waals surface area (Å²) in [5.74, 6) is -0.441. The molecule has 1 amide bonds. The predicted molar refractivity (Wildman–Crippen MR) is 92.8 cm³/mol. The monoisotopic (exact) mass is 337 g/mol. The van der Waals surface area contributed by atoms with Gasteiger partial charge in [-0.15, -0.1) is 0 Å². The van der Waals surface area contributed by atoms with Crippen molar-refractivity contribution in [3.63, 3.8) is 0 Å². The quantitative estimate of drug-likeness (QED) is 0.449. The van der Waals surface area contributed by atoms with Crippen molar-refractivity contribution < 1.29 is 9.72 Å². The van der Waals surface area contributed by atoms with Gasteiger partial charge in [0.2, 0.25) is 0 Å². The number of hydrazone groups is 1. The van der Waals surface area contributed by atoms with Crippen LogP contribution in [0.5, 0.6) is 0 Å². The van der Waals surface area contributed by atoms with Crippen LogP contribution in [0.3, 0.4) is 0 Å². The molecule has 8 heteroatoms. The molecule has 8 nitrogen and oxygen atoms in total. The first-order valence-electron chi connectivity index (χ1n) is 7.49. The summed E-state index contributed by atoms with van der Waals surface area (Å²) in [6.45, 7) is 3.68. The number of rotatable bonds is 4. The first-order chi connectivity index (χ1) is 12.0. The number of benzene rings is 1. The van der Waals surface area contributed by atoms with E-state index in [2.05, 4.69) is 15.5 Å². The molecule has 1 aromatic carbocycles. The number of aryl methyl sites for hydroxylation is 2. The van der Waals surface area contributed by atoms with Crippen LogP contribution in [0.15, 0.2) is 47.7 Å². The molecule has 0 spiro atoms. The maximum atomic E-state index is 12.4. The molecule has 3 aromatic rings. The van der Waals surface area contributed by atoms with Gasteiger partial charge in [0.05, 0.1) is 22.4 Å². The van der Waals surface area contributed by atoms with Gasteiger partial charge in [0.1, 0.15) is 11.3 Å². The standard InChI is InChI=1S/C17H15N5O3/c1-11-7-8-21-15(9-11)19-12(2)16(21)17(23)20-18-10-13-5-3-4-6-14(13)22(24)25/h3-10H,1-2H3,(H,20,23)/b18-10+. The first-order valence-corrected chi connectivity index (χ1v) is 7.49. The number of hydrogen-bond acceptors (Lipinski definition) is 5. The van der Waals surface area contributed by atoms with Gasteiger partial charge in [-0.05, 0) is 37.6 Å². The van der Waals surface area contributed by atoms with E-state index < -0.39 is 10.8 Å². The highest BCUT2D eigenvalue weighted by Crippen LogP contribution is 2.16. The molecular formula is C17H15N5O3. The van der Waals surface area contributed by atoms with Gasteiger partial charge in [-0.25, -0.2) is 10.4 Å². The van der Waals surface area contributed by atoms with Gasteiger partial charge < -0.3 is 0 Å². The summed E-state index contributed by atoms with van der Waals surface area (Å²) >= 11 is 0. The fraction of sp³-hybridized carbons (Fsp3) is 0.118. The lowest BCUT2D eigenvalue weighted by Gasteiger charge is -2.02. The number of nitrogens with zero attached hydrogens (tertiary/aromatic N) is 4. The van der Waals surface area contributed by atoms with E-state index in [0.29, 0.717) is 22.6 Å². The lowest BCUT2D eigenvalue weighted by atomic mass is 10.2. The number of carbonyl (C=O) groups is 1. The van der Waals surface area contributed by atoms with Gasteiger partial charge in [-0.1, -0.05) is 12.1 Å². The molecule has 0 aliphatic heterocycles. The summed E-state index contributed by atoms with van der Waals surface area (Å²) in [6, 6.07) is 9.91. The molecule has 0 unspecified atom stereocenters. The number of hydrogen-bond donors (Lipinski definition) is 1. The Bertz CT molecular complexity index is 1010. The average Bonchev–Trinajstić information content (AvgIpc) is 2.89. The molecule has 0 saturated heterocycles. The lowest BCUT2D eigenvalue weighted by molar-refractivity contribution is -0.385. The van der Waals surface area contributed by atoms with Crippen molar-refractivity contribution >= 4 is 23.5 Å². The zero-order chi connectivity index (χ0) is 18.0. The maximum absolute atomic E-state index is 12.4. The smallest absolute Gasteiger partial charge is 0.290 e. The summed E-state index contributed by atoms with van der Waals surface area (Å²) in [5, 5.41) is 14.8. The number of nitrogens with one attached hydrogen (secondary N) is 1. The molecule has 2 heterocycles. The van der Waals surface area contributed by atoms with Crippen LogP contribution >= 0.6 is 0 Å². The molecular weight excluding hydrogens is 322 g/mol. The molecule has 1 N–H and O–H groups in total. The normalized spacial score (nSPS) is 11.1. The Morgan fingerprint density at radius 2 is 2.08 bits per heavy atom. The van der Waals surface area contributed by atoms with Crippen LogP contribution in [0.25, 0.3) is 5.65 Å². The van der Waals surface area contributed by atoms with Gasteiger partial charge >= 0.3 is 0 Å². The van der Waals surface area contributed by atoms with E-state index in [9.17, 15) is 14.9 Å². The van der Waals surface area contributed by atoms with Crippen LogP contribution in [-0.2, 0) is 0 Å². The van der Waals surface area contributed by atoms with Crippen LogP contribution in [-0.4, -0.2) is 26.4 Å². The van der Waals surface area contributed by atoms with Crippen LogP contribution in [0.1, 0.15) is 27.3 Å². The Labute approximate surface area is 143 Å². The number of nitro benzene ring substituents is 1. The zero-order valence-corrected chi connectivity index (χ0v) is 13.6. The summed E-state index contributed by atoms with van der Waals surface area (Å²) in [4.78, 5) is 27.2. The van der Waals surface area contributed by atoms with Crippen LogP contribution in [0, 0.1) is 24.0 Å². The third-order valence-electron chi connectivity index (χ3n) is 3.67. The van der Waals surface area contributed by atoms with E-state index in [-0.39, 0.29) is 5.69 Å². The van der Waals surface area contributed by atoms with E-state index in [1.54, 1.807) is 35.7 Å². The van der Waals surface area contributed by atoms with E-state index in [4.69, 9.17) is 0 Å². The van der Waals surface area contributed by atoms with Crippen molar-refractivity contribution in [1.29, 1.82) is 0 Å². The van der Waals surface area contributed by atoms with E-state index >= 15 is 0 Å². The van der Waals surface area contributed by atoms with Crippen molar-refractivity contribution in [2.45, 2.75) is 13.8 Å². The number of nitro groups is 1. The second-order valence-corrected chi connectivity index (χ2v) is 5.49. The molecule has 0 aliphatic carbocycles. The van der Waals surface area contributed by atoms with Crippen molar-refractivity contribution in [3.8, 4) is 0 Å². The Balaban J connectivity index is 1.84. The predicted octanol–water partition coefficient (Wildman–Crippen LogP) is 2.62. The van der Waals surface area contributed by atoms with E-state index in [1.807, 2.05) is 19.1 Å². The van der Waals surface area contributed by atoms with E-state index in [1.165, 1.54) is 12.3 Å². The van der Waals surface area contributed by atoms with Crippen molar-refractivity contribution in [1.82, 2.24) is 14.8 Å². The van der Waals surface area contributed by atoms with E-state index in [0.717, 1.165) is 5.56 Å². The third kappa shape index (κ3) is 3.23. The van der Waals surface area contributed by atoms with Gasteiger partial charge in [0.15, 0.2) is 0 Å². The van der Waals surface area contributed by atoms with Gasteiger partial charge in [0, 0.05) is 12.3 Å². The fourth-order valence-electron chi connectivity index (χ4n) is 2.51. The Hall–Kier alpha value is -3.55. The largest absolute Gasteiger partial charge is 0.295 e. The fourth-order valence-corrected chi connectivity index (χ4v) is 2.51. The summed E-state index contributed by atoms with van der Waals surface area (Å²) in [5.41, 5.74) is 5.27. The van der Waals surface area contributed by atoms with Crippen LogP contribution in [0.2, 0.25) is 0 Å². The Morgan fingerprint density at radius 1 is 1.32 bits per heavy atom. The molecule has 0 bridgehead atoms. The number of carbonyl (C=O) groups excluding carboxylic acids is 1. The number of fused-ring (bicyclic) bond motifs is 1. The highest BCUT2D eigenvalue weighted by molar-refractivity contribution is 5.95. The highest BCUT2D eigenvalue weighted by Gasteiger charge is 2.16. The highest BCUT2D eigenvalue weighted by atomic mass is 16.6. The topological polar surface area (TPSA) is 102 Å². The first kappa shape index (κ1) is 16.3. The minimum Gasteiger partial charge on any atom is -0.295 e. The molecule has 3 rings (SSSR count). The molecule has 25 heavy (non-hydrogen) atoms. The summed E-state index contributed by atoms with van der Waals surface area (Å²) in [6.07, 6.45) is 3.02. The summed E-state index contributed by atoms with van der Waals surface area (Å²) in [7, 11) is 0. The number of aromatic nitrogens is 2. The third-order valence-corrected chi connectivity index (χ3v) is 3.67. The molecule has 2 aromatic heterocycles. The Morgan fingerprint density at radius 3 is 2.84 bits per heavy atom. The Kier molecular flexibility index (Phi) is 4.25. The van der Waals surface area contributed by atoms with Crippen molar-refractivity contribution in [2.24, 2.45) is 5.10 Å². The van der Waals surface area contributed by atoms with Gasteiger partial charge in [0.25, 0.3) is 11.6 Å². The number of para-hydroxylation sites is 1. The number of imidazole rings is 1. The molecule has 0 radical (unpaired) electrons. The van der Waals surface area contributed by atoms with Crippen molar-refractivity contribution in [3.05, 3.63) is 75.2 Å². The van der Waals surface area contributed by atoms with Gasteiger partial charge in [-0.3, -0.25) is 19.3 Å². The minimum absolute atomic E-state index is 0.0815. The molecule has 0 aliphatic rings. The summed E-state index contributed by atoms with van der Waals surface area (Å²) < 4.78 is 1.68. The lowest BCUT2D eigenvalue weighted by Crippen LogP contribution is -2.20. The SMILES string of the molecule is Cc1ccn2c(C(=O)N/N=C/c3ccccc3[N+](=O)[O-])c(C)nc2c1. The minimum atomic E-state index is -0.500.